The Labute approximate surface area is 49.1 Å². The molecule has 1 aliphatic heterocycles. The minimum Gasteiger partial charge on any atom is -0.289 e. The van der Waals surface area contributed by atoms with Crippen LogP contribution in [-0.2, 0) is 0 Å². The molecule has 0 aromatic rings. The molecule has 0 unspecified atom stereocenters. The average molecular weight is 107 g/mol. The van der Waals surface area contributed by atoms with E-state index in [9.17, 15) is 0 Å². The van der Waals surface area contributed by atoms with E-state index in [1.54, 1.807) is 0 Å². The zero-order valence-corrected chi connectivity index (χ0v) is 4.85. The lowest BCUT2D eigenvalue weighted by Gasteiger charge is -2.21. The third-order valence-electron chi connectivity index (χ3n) is 1.83. The topological polar surface area (TPSA) is 12.4 Å². The maximum absolute atomic E-state index is 4.24. The fraction of sp³-hybridized carbons (Fsp3) is 0.571. The number of hydrogen-bond acceptors (Lipinski definition) is 1. The monoisotopic (exact) mass is 107 g/mol. The van der Waals surface area contributed by atoms with Crippen LogP contribution < -0.4 is 0 Å². The van der Waals surface area contributed by atoms with Crippen LogP contribution in [0.4, 0.5) is 0 Å². The van der Waals surface area contributed by atoms with Crippen LogP contribution in [0.25, 0.3) is 0 Å². The van der Waals surface area contributed by atoms with Crippen LogP contribution in [0.3, 0.4) is 0 Å². The second kappa shape index (κ2) is 1.44. The highest BCUT2D eigenvalue weighted by Crippen LogP contribution is 2.23. The Kier molecular flexibility index (Phi) is 0.775. The van der Waals surface area contributed by atoms with Gasteiger partial charge in [-0.1, -0.05) is 6.08 Å². The molecule has 0 amide bonds. The van der Waals surface area contributed by atoms with Crippen molar-refractivity contribution >= 4 is 5.71 Å². The van der Waals surface area contributed by atoms with E-state index in [-0.39, 0.29) is 0 Å². The maximum Gasteiger partial charge on any atom is 0.0448 e. The molecular formula is C7H9N. The van der Waals surface area contributed by atoms with E-state index in [1.807, 2.05) is 0 Å². The van der Waals surface area contributed by atoms with Gasteiger partial charge in [-0.3, -0.25) is 4.99 Å². The molecule has 42 valence electrons. The van der Waals surface area contributed by atoms with Crippen molar-refractivity contribution in [2.24, 2.45) is 4.99 Å². The molecule has 0 fully saturated rings. The average Bonchev–Trinajstić information content (AvgIpc) is 1.47. The van der Waals surface area contributed by atoms with E-state index in [1.165, 1.54) is 30.5 Å². The summed E-state index contributed by atoms with van der Waals surface area (Å²) in [6, 6.07) is 0. The third kappa shape index (κ3) is 0.443. The summed E-state index contributed by atoms with van der Waals surface area (Å²) < 4.78 is 0. The third-order valence-corrected chi connectivity index (χ3v) is 1.83. The van der Waals surface area contributed by atoms with Crippen molar-refractivity contribution in [2.75, 3.05) is 6.54 Å². The summed E-state index contributed by atoms with van der Waals surface area (Å²) in [5, 5.41) is 0. The van der Waals surface area contributed by atoms with Gasteiger partial charge in [0.15, 0.2) is 0 Å². The van der Waals surface area contributed by atoms with Crippen LogP contribution in [0.2, 0.25) is 0 Å². The number of aliphatic imine (C=N–C) groups is 1. The Morgan fingerprint density at radius 3 is 2.25 bits per heavy atom. The van der Waals surface area contributed by atoms with Gasteiger partial charge >= 0.3 is 0 Å². The number of nitrogens with zero attached hydrogens (tertiary/aromatic N) is 1. The van der Waals surface area contributed by atoms with Gasteiger partial charge in [-0.15, -0.1) is 0 Å². The summed E-state index contributed by atoms with van der Waals surface area (Å²) in [5.41, 5.74) is 2.91. The summed E-state index contributed by atoms with van der Waals surface area (Å²) in [6.45, 7) is 1.08. The van der Waals surface area contributed by atoms with Crippen molar-refractivity contribution in [1.82, 2.24) is 0 Å². The van der Waals surface area contributed by atoms with Gasteiger partial charge in [0.05, 0.1) is 0 Å². The molecule has 0 aromatic carbocycles. The van der Waals surface area contributed by atoms with Crippen molar-refractivity contribution < 1.29 is 0 Å². The summed E-state index contributed by atoms with van der Waals surface area (Å²) in [5.74, 6) is 0. The van der Waals surface area contributed by atoms with Crippen LogP contribution in [0, 0.1) is 0 Å². The van der Waals surface area contributed by atoms with E-state index in [2.05, 4.69) is 11.1 Å². The van der Waals surface area contributed by atoms with Crippen LogP contribution in [-0.4, -0.2) is 12.3 Å². The molecule has 1 nitrogen and oxygen atoms in total. The zero-order chi connectivity index (χ0) is 5.40. The predicted molar refractivity (Wildman–Crippen MR) is 34.2 cm³/mol. The number of rotatable bonds is 1. The predicted octanol–water partition coefficient (Wildman–Crippen LogP) is 1.55. The largest absolute Gasteiger partial charge is 0.289 e. The minimum atomic E-state index is 1.08. The summed E-state index contributed by atoms with van der Waals surface area (Å²) >= 11 is 0. The first kappa shape index (κ1) is 4.30. The number of allylic oxidation sites excluding steroid dienone is 2. The van der Waals surface area contributed by atoms with Gasteiger partial charge in [0.25, 0.3) is 0 Å². The molecule has 0 bridgehead atoms. The van der Waals surface area contributed by atoms with Gasteiger partial charge in [0.1, 0.15) is 0 Å². The van der Waals surface area contributed by atoms with Gasteiger partial charge in [0.2, 0.25) is 0 Å². The molecular weight excluding hydrogens is 98.1 g/mol. The molecule has 0 saturated carbocycles. The molecule has 1 heteroatoms. The van der Waals surface area contributed by atoms with Crippen LogP contribution >= 0.6 is 0 Å². The maximum atomic E-state index is 4.24. The van der Waals surface area contributed by atoms with E-state index in [4.69, 9.17) is 0 Å². The molecule has 0 spiro atoms. The van der Waals surface area contributed by atoms with E-state index in [0.717, 1.165) is 6.54 Å². The Bertz CT molecular complexity index is 145. The highest BCUT2D eigenvalue weighted by molar-refractivity contribution is 6.03. The molecule has 1 aliphatic carbocycles. The zero-order valence-electron chi connectivity index (χ0n) is 4.85. The summed E-state index contributed by atoms with van der Waals surface area (Å²) in [6.07, 6.45) is 6.11. The molecule has 0 radical (unpaired) electrons. The lowest BCUT2D eigenvalue weighted by Crippen LogP contribution is -2.17. The van der Waals surface area contributed by atoms with E-state index < -0.39 is 0 Å². The first-order chi connectivity index (χ1) is 3.97. The molecule has 8 heavy (non-hydrogen) atoms. The number of hydrogen-bond donors (Lipinski definition) is 0. The lowest BCUT2D eigenvalue weighted by molar-refractivity contribution is 0.863. The molecule has 0 atom stereocenters. The van der Waals surface area contributed by atoms with Crippen LogP contribution in [0.5, 0.6) is 0 Å². The summed E-state index contributed by atoms with van der Waals surface area (Å²) in [4.78, 5) is 4.24. The van der Waals surface area contributed by atoms with Crippen LogP contribution in [0.1, 0.15) is 19.3 Å². The quantitative estimate of drug-likeness (QED) is 0.482. The molecule has 0 saturated heterocycles. The van der Waals surface area contributed by atoms with Crippen molar-refractivity contribution in [2.45, 2.75) is 19.3 Å². The highest BCUT2D eigenvalue weighted by Gasteiger charge is 2.16. The van der Waals surface area contributed by atoms with Crippen molar-refractivity contribution in [3.63, 3.8) is 0 Å². The van der Waals surface area contributed by atoms with Gasteiger partial charge in [-0.25, -0.2) is 0 Å². The van der Waals surface area contributed by atoms with Crippen molar-refractivity contribution in [3.8, 4) is 0 Å². The SMILES string of the molecule is C1=C(C2=NCC2)CC1. The standard InChI is InChI=1S/C7H9N/c1-2-6(3-1)7-4-5-8-7/h2H,1,3-5H2. The molecule has 0 N–H and O–H groups in total. The Morgan fingerprint density at radius 2 is 2.12 bits per heavy atom. The second-order valence-corrected chi connectivity index (χ2v) is 2.35. The smallest absolute Gasteiger partial charge is 0.0448 e. The molecule has 1 heterocycles. The second-order valence-electron chi connectivity index (χ2n) is 2.35. The normalized spacial score (nSPS) is 25.0. The fourth-order valence-corrected chi connectivity index (χ4v) is 1.04. The Hall–Kier alpha value is -0.590. The fourth-order valence-electron chi connectivity index (χ4n) is 1.04. The van der Waals surface area contributed by atoms with Gasteiger partial charge in [0, 0.05) is 18.7 Å². The molecule has 0 aromatic heterocycles. The first-order valence-corrected chi connectivity index (χ1v) is 3.19. The minimum absolute atomic E-state index is 1.08. The Morgan fingerprint density at radius 1 is 1.38 bits per heavy atom. The summed E-state index contributed by atoms with van der Waals surface area (Å²) in [7, 11) is 0. The lowest BCUT2D eigenvalue weighted by atomic mass is 9.91. The van der Waals surface area contributed by atoms with E-state index in [0.29, 0.717) is 0 Å². The molecule has 2 aliphatic rings. The van der Waals surface area contributed by atoms with Crippen molar-refractivity contribution in [3.05, 3.63) is 11.6 Å². The van der Waals surface area contributed by atoms with E-state index >= 15 is 0 Å². The van der Waals surface area contributed by atoms with Gasteiger partial charge < -0.3 is 0 Å². The van der Waals surface area contributed by atoms with Gasteiger partial charge in [-0.2, -0.15) is 0 Å². The first-order valence-electron chi connectivity index (χ1n) is 3.19. The van der Waals surface area contributed by atoms with Crippen molar-refractivity contribution in [1.29, 1.82) is 0 Å². The molecule has 2 rings (SSSR count). The van der Waals surface area contributed by atoms with Crippen LogP contribution in [0.15, 0.2) is 16.6 Å². The van der Waals surface area contributed by atoms with Gasteiger partial charge in [-0.05, 0) is 18.4 Å². The highest BCUT2D eigenvalue weighted by atomic mass is 14.8. The Balaban J connectivity index is 2.16.